The van der Waals surface area contributed by atoms with Gasteiger partial charge in [-0.2, -0.15) is 0 Å². The lowest BCUT2D eigenvalue weighted by Gasteiger charge is -2.24. The maximum Gasteiger partial charge on any atom is 0.311 e. The molecule has 0 unspecified atom stereocenters. The Morgan fingerprint density at radius 1 is 1.43 bits per heavy atom. The summed E-state index contributed by atoms with van der Waals surface area (Å²) in [6.45, 7) is 2.20. The van der Waals surface area contributed by atoms with E-state index in [9.17, 15) is 9.90 Å². The van der Waals surface area contributed by atoms with Crippen molar-refractivity contribution in [3.8, 4) is 11.5 Å². The van der Waals surface area contributed by atoms with Crippen LogP contribution in [-0.4, -0.2) is 43.3 Å². The smallest absolute Gasteiger partial charge is 0.311 e. The van der Waals surface area contributed by atoms with Gasteiger partial charge in [0.1, 0.15) is 0 Å². The summed E-state index contributed by atoms with van der Waals surface area (Å²) in [5, 5.41) is 9.69. The third-order valence-corrected chi connectivity index (χ3v) is 6.20. The molecule has 6 heteroatoms. The molecular formula is C17H22BrNO4. The fourth-order valence-electron chi connectivity index (χ4n) is 4.16. The second kappa shape index (κ2) is 6.32. The van der Waals surface area contributed by atoms with E-state index >= 15 is 0 Å². The molecule has 0 spiro atoms. The minimum Gasteiger partial charge on any atom is -0.493 e. The van der Waals surface area contributed by atoms with Crippen molar-refractivity contribution in [3.63, 3.8) is 0 Å². The van der Waals surface area contributed by atoms with E-state index < -0.39 is 11.4 Å². The maximum atomic E-state index is 11.8. The van der Waals surface area contributed by atoms with Crippen molar-refractivity contribution in [2.45, 2.75) is 25.8 Å². The van der Waals surface area contributed by atoms with Crippen molar-refractivity contribution in [1.29, 1.82) is 0 Å². The molecule has 126 valence electrons. The fraction of sp³-hybridized carbons (Fsp3) is 0.588. The van der Waals surface area contributed by atoms with Crippen LogP contribution in [0.5, 0.6) is 11.5 Å². The Labute approximate surface area is 144 Å². The van der Waals surface area contributed by atoms with E-state index in [0.717, 1.165) is 35.8 Å². The topological polar surface area (TPSA) is 59.0 Å². The van der Waals surface area contributed by atoms with Crippen LogP contribution >= 0.6 is 15.9 Å². The summed E-state index contributed by atoms with van der Waals surface area (Å²) < 4.78 is 11.6. The third kappa shape index (κ3) is 2.72. The van der Waals surface area contributed by atoms with Crippen molar-refractivity contribution in [2.24, 2.45) is 11.3 Å². The first-order valence-electron chi connectivity index (χ1n) is 7.87. The van der Waals surface area contributed by atoms with E-state index in [2.05, 4.69) is 20.8 Å². The molecule has 1 aliphatic carbocycles. The molecule has 1 saturated carbocycles. The average Bonchev–Trinajstić information content (AvgIpc) is 3.06. The molecule has 0 aromatic heterocycles. The fourth-order valence-corrected chi connectivity index (χ4v) is 4.77. The quantitative estimate of drug-likeness (QED) is 0.845. The molecule has 0 radical (unpaired) electrons. The zero-order valence-electron chi connectivity index (χ0n) is 13.5. The molecule has 2 atom stereocenters. The lowest BCUT2D eigenvalue weighted by Crippen LogP contribution is -2.35. The van der Waals surface area contributed by atoms with Crippen molar-refractivity contribution < 1.29 is 19.4 Å². The largest absolute Gasteiger partial charge is 0.493 e. The zero-order valence-corrected chi connectivity index (χ0v) is 15.1. The SMILES string of the molecule is COc1ccc(CN2C[C@@H]3CCC[C@@]3(C(=O)O)C2)c(Br)c1OC. The summed E-state index contributed by atoms with van der Waals surface area (Å²) in [6, 6.07) is 3.90. The number of ether oxygens (including phenoxy) is 2. The molecule has 1 aliphatic heterocycles. The van der Waals surface area contributed by atoms with Gasteiger partial charge in [0.25, 0.3) is 0 Å². The number of likely N-dealkylation sites (tertiary alicyclic amines) is 1. The van der Waals surface area contributed by atoms with Crippen LogP contribution in [0.3, 0.4) is 0 Å². The minimum atomic E-state index is -0.631. The summed E-state index contributed by atoms with van der Waals surface area (Å²) in [6.07, 6.45) is 2.86. The third-order valence-electron chi connectivity index (χ3n) is 5.33. The number of aliphatic carboxylic acids is 1. The van der Waals surface area contributed by atoms with Gasteiger partial charge in [0.05, 0.1) is 24.1 Å². The highest BCUT2D eigenvalue weighted by Gasteiger charge is 2.54. The van der Waals surface area contributed by atoms with Gasteiger partial charge >= 0.3 is 5.97 Å². The second-order valence-electron chi connectivity index (χ2n) is 6.49. The molecule has 2 fully saturated rings. The molecule has 0 bridgehead atoms. The molecular weight excluding hydrogens is 362 g/mol. The van der Waals surface area contributed by atoms with Crippen LogP contribution in [-0.2, 0) is 11.3 Å². The second-order valence-corrected chi connectivity index (χ2v) is 7.29. The van der Waals surface area contributed by atoms with Crippen molar-refractivity contribution in [1.82, 2.24) is 4.90 Å². The Hall–Kier alpha value is -1.27. The van der Waals surface area contributed by atoms with Gasteiger partial charge in [-0.1, -0.05) is 12.5 Å². The van der Waals surface area contributed by atoms with Crippen molar-refractivity contribution in [3.05, 3.63) is 22.2 Å². The van der Waals surface area contributed by atoms with Crippen LogP contribution in [0.15, 0.2) is 16.6 Å². The van der Waals surface area contributed by atoms with Crippen LogP contribution in [0.1, 0.15) is 24.8 Å². The molecule has 1 aromatic carbocycles. The Balaban J connectivity index is 1.80. The monoisotopic (exact) mass is 383 g/mol. The lowest BCUT2D eigenvalue weighted by molar-refractivity contribution is -0.149. The van der Waals surface area contributed by atoms with Gasteiger partial charge in [0, 0.05) is 19.6 Å². The Bertz CT molecular complexity index is 621. The first-order valence-corrected chi connectivity index (χ1v) is 8.66. The average molecular weight is 384 g/mol. The lowest BCUT2D eigenvalue weighted by atomic mass is 9.81. The van der Waals surface area contributed by atoms with Gasteiger partial charge in [0.15, 0.2) is 11.5 Å². The molecule has 5 nitrogen and oxygen atoms in total. The molecule has 1 saturated heterocycles. The minimum absolute atomic E-state index is 0.277. The number of halogens is 1. The number of methoxy groups -OCH3 is 2. The van der Waals surface area contributed by atoms with Crippen LogP contribution in [0.4, 0.5) is 0 Å². The standard InChI is InChI=1S/C17H22BrNO4/c1-22-13-6-5-11(14(18)15(13)23-2)8-19-9-12-4-3-7-17(12,10-19)16(20)21/h5-6,12H,3-4,7-10H2,1-2H3,(H,20,21)/t12-,17+/m0/s1. The number of fused-ring (bicyclic) bond motifs is 1. The highest BCUT2D eigenvalue weighted by atomic mass is 79.9. The highest BCUT2D eigenvalue weighted by Crippen LogP contribution is 2.49. The molecule has 3 rings (SSSR count). The number of carboxylic acids is 1. The number of carbonyl (C=O) groups is 1. The van der Waals surface area contributed by atoms with E-state index in [0.29, 0.717) is 24.6 Å². The summed E-state index contributed by atoms with van der Waals surface area (Å²) in [5.41, 5.74) is 0.548. The van der Waals surface area contributed by atoms with Gasteiger partial charge in [0.2, 0.25) is 0 Å². The van der Waals surface area contributed by atoms with Gasteiger partial charge in [-0.25, -0.2) is 0 Å². The zero-order chi connectivity index (χ0) is 16.6. The number of rotatable bonds is 5. The van der Waals surface area contributed by atoms with Crippen LogP contribution in [0.2, 0.25) is 0 Å². The first kappa shape index (κ1) is 16.6. The van der Waals surface area contributed by atoms with E-state index in [4.69, 9.17) is 9.47 Å². The Morgan fingerprint density at radius 2 is 2.22 bits per heavy atom. The number of hydrogen-bond donors (Lipinski definition) is 1. The molecule has 1 N–H and O–H groups in total. The molecule has 2 aliphatic rings. The van der Waals surface area contributed by atoms with Gasteiger partial charge in [-0.15, -0.1) is 0 Å². The van der Waals surface area contributed by atoms with Crippen molar-refractivity contribution >= 4 is 21.9 Å². The normalized spacial score (nSPS) is 27.0. The van der Waals surface area contributed by atoms with E-state index in [-0.39, 0.29) is 5.92 Å². The Morgan fingerprint density at radius 3 is 2.83 bits per heavy atom. The summed E-state index contributed by atoms with van der Waals surface area (Å²) in [4.78, 5) is 14.0. The van der Waals surface area contributed by atoms with Gasteiger partial charge < -0.3 is 14.6 Å². The van der Waals surface area contributed by atoms with Gasteiger partial charge in [-0.3, -0.25) is 9.69 Å². The maximum absolute atomic E-state index is 11.8. The number of carboxylic acid groups (broad SMARTS) is 1. The highest BCUT2D eigenvalue weighted by molar-refractivity contribution is 9.10. The molecule has 1 aromatic rings. The molecule has 1 heterocycles. The predicted octanol–water partition coefficient (Wildman–Crippen LogP) is 3.15. The van der Waals surface area contributed by atoms with E-state index in [1.807, 2.05) is 12.1 Å². The summed E-state index contributed by atoms with van der Waals surface area (Å²) >= 11 is 3.60. The van der Waals surface area contributed by atoms with Crippen LogP contribution in [0, 0.1) is 11.3 Å². The van der Waals surface area contributed by atoms with Gasteiger partial charge in [-0.05, 0) is 46.3 Å². The van der Waals surface area contributed by atoms with E-state index in [1.165, 1.54) is 0 Å². The Kier molecular flexibility index (Phi) is 4.56. The number of nitrogens with zero attached hydrogens (tertiary/aromatic N) is 1. The molecule has 0 amide bonds. The number of benzene rings is 1. The van der Waals surface area contributed by atoms with Crippen LogP contribution < -0.4 is 9.47 Å². The van der Waals surface area contributed by atoms with E-state index in [1.54, 1.807) is 14.2 Å². The first-order chi connectivity index (χ1) is 11.0. The molecule has 23 heavy (non-hydrogen) atoms. The summed E-state index contributed by atoms with van der Waals surface area (Å²) in [7, 11) is 3.23. The van der Waals surface area contributed by atoms with Crippen LogP contribution in [0.25, 0.3) is 0 Å². The summed E-state index contributed by atoms with van der Waals surface area (Å²) in [5.74, 6) is 1.01. The number of hydrogen-bond acceptors (Lipinski definition) is 4. The predicted molar refractivity (Wildman–Crippen MR) is 89.9 cm³/mol. The van der Waals surface area contributed by atoms with Crippen molar-refractivity contribution in [2.75, 3.05) is 27.3 Å².